The fraction of sp³-hybridized carbons (Fsp3) is 0.545. The van der Waals surface area contributed by atoms with Crippen LogP contribution in [0.15, 0.2) is 23.1 Å². The van der Waals surface area contributed by atoms with Gasteiger partial charge in [0.2, 0.25) is 0 Å². The molecule has 1 saturated carbocycles. The zero-order chi connectivity index (χ0) is 20.9. The first-order chi connectivity index (χ1) is 13.8. The van der Waals surface area contributed by atoms with E-state index < -0.39 is 17.3 Å². The first-order valence-corrected chi connectivity index (χ1v) is 10.4. The Kier molecular flexibility index (Phi) is 5.21. The van der Waals surface area contributed by atoms with Crippen LogP contribution >= 0.6 is 0 Å². The Morgan fingerprint density at radius 1 is 1.41 bits per heavy atom. The van der Waals surface area contributed by atoms with Crippen LogP contribution in [-0.4, -0.2) is 45.5 Å². The van der Waals surface area contributed by atoms with Crippen LogP contribution in [0.1, 0.15) is 60.0 Å². The predicted octanol–water partition coefficient (Wildman–Crippen LogP) is 2.75. The number of aromatic nitrogens is 1. The molecule has 2 unspecified atom stereocenters. The molecule has 0 bridgehead atoms. The highest BCUT2D eigenvalue weighted by Crippen LogP contribution is 2.48. The summed E-state index contributed by atoms with van der Waals surface area (Å²) in [4.78, 5) is 26.6. The molecule has 7 heteroatoms. The van der Waals surface area contributed by atoms with Gasteiger partial charge in [0.05, 0.1) is 5.52 Å². The average molecular weight is 401 g/mol. The third-order valence-corrected chi connectivity index (χ3v) is 6.58. The summed E-state index contributed by atoms with van der Waals surface area (Å²) in [6.45, 7) is 5.87. The molecule has 29 heavy (non-hydrogen) atoms. The minimum atomic E-state index is -1.28. The molecule has 0 radical (unpaired) electrons. The number of nitrogens with two attached hydrogens (primary N) is 1. The van der Waals surface area contributed by atoms with Crippen LogP contribution < -0.4 is 11.3 Å². The summed E-state index contributed by atoms with van der Waals surface area (Å²) >= 11 is 0. The van der Waals surface area contributed by atoms with Crippen molar-refractivity contribution in [1.82, 2.24) is 9.30 Å². The van der Waals surface area contributed by atoms with E-state index in [1.165, 1.54) is 16.5 Å². The molecule has 3 N–H and O–H groups in total. The van der Waals surface area contributed by atoms with Crippen molar-refractivity contribution in [3.05, 3.63) is 51.2 Å². The van der Waals surface area contributed by atoms with Gasteiger partial charge in [-0.1, -0.05) is 13.3 Å². The molecule has 6 nitrogen and oxygen atoms in total. The van der Waals surface area contributed by atoms with Crippen molar-refractivity contribution in [2.24, 2.45) is 11.7 Å². The standard InChI is InChI=1S/C22H28FN3O3/c1-3-4-18(24)13-5-6-25(10-13)19-9-15(19)16-8-17(22(28)29)21(27)26-11-14(23)7-12(2)20(16)26/h7-8,11,13,15,18-19H,3-6,9-10,24H2,1-2H3,(H,28,29)/t13-,15+,18?,19?/m1/s1. The van der Waals surface area contributed by atoms with Crippen molar-refractivity contribution >= 4 is 11.5 Å². The topological polar surface area (TPSA) is 88.0 Å². The van der Waals surface area contributed by atoms with Crippen molar-refractivity contribution < 1.29 is 14.3 Å². The molecular weight excluding hydrogens is 373 g/mol. The lowest BCUT2D eigenvalue weighted by molar-refractivity contribution is 0.0694. The number of aromatic carboxylic acids is 1. The molecule has 156 valence electrons. The number of pyridine rings is 2. The van der Waals surface area contributed by atoms with E-state index in [1.54, 1.807) is 6.92 Å². The van der Waals surface area contributed by atoms with Crippen molar-refractivity contribution in [2.45, 2.75) is 57.5 Å². The summed E-state index contributed by atoms with van der Waals surface area (Å²) in [5.41, 5.74) is 7.43. The summed E-state index contributed by atoms with van der Waals surface area (Å²) in [7, 11) is 0. The van der Waals surface area contributed by atoms with Gasteiger partial charge in [0.15, 0.2) is 0 Å². The first-order valence-electron chi connectivity index (χ1n) is 10.4. The molecule has 0 aromatic carbocycles. The number of hydrogen-bond donors (Lipinski definition) is 2. The molecule has 1 aliphatic heterocycles. The van der Waals surface area contributed by atoms with Crippen molar-refractivity contribution in [3.8, 4) is 0 Å². The number of carboxylic acids is 1. The second kappa shape index (κ2) is 7.54. The van der Waals surface area contributed by atoms with Gasteiger partial charge in [-0.05, 0) is 61.9 Å². The van der Waals surface area contributed by atoms with Crippen LogP contribution in [0, 0.1) is 18.7 Å². The number of rotatable bonds is 6. The van der Waals surface area contributed by atoms with Crippen LogP contribution in [0.3, 0.4) is 0 Å². The quantitative estimate of drug-likeness (QED) is 0.777. The largest absolute Gasteiger partial charge is 0.477 e. The average Bonchev–Trinajstić information content (AvgIpc) is 3.29. The Balaban J connectivity index is 1.66. The number of aryl methyl sites for hydroxylation is 1. The molecule has 3 heterocycles. The van der Waals surface area contributed by atoms with Crippen LogP contribution in [0.5, 0.6) is 0 Å². The van der Waals surface area contributed by atoms with Gasteiger partial charge < -0.3 is 10.8 Å². The van der Waals surface area contributed by atoms with E-state index in [-0.39, 0.29) is 17.5 Å². The highest BCUT2D eigenvalue weighted by atomic mass is 19.1. The Morgan fingerprint density at radius 3 is 2.86 bits per heavy atom. The van der Waals surface area contributed by atoms with Gasteiger partial charge in [-0.25, -0.2) is 9.18 Å². The van der Waals surface area contributed by atoms with Gasteiger partial charge in [0.25, 0.3) is 5.56 Å². The fourth-order valence-electron chi connectivity index (χ4n) is 5.02. The van der Waals surface area contributed by atoms with Gasteiger partial charge >= 0.3 is 5.97 Å². The molecule has 2 fully saturated rings. The smallest absolute Gasteiger partial charge is 0.341 e. The third-order valence-electron chi connectivity index (χ3n) is 6.58. The molecular formula is C22H28FN3O3. The van der Waals surface area contributed by atoms with E-state index in [4.69, 9.17) is 5.73 Å². The minimum absolute atomic E-state index is 0.147. The Hall–Kier alpha value is -2.25. The number of hydrogen-bond acceptors (Lipinski definition) is 4. The lowest BCUT2D eigenvalue weighted by Gasteiger charge is -2.20. The van der Waals surface area contributed by atoms with Crippen LogP contribution in [0.2, 0.25) is 0 Å². The highest BCUT2D eigenvalue weighted by Gasteiger charge is 2.46. The summed E-state index contributed by atoms with van der Waals surface area (Å²) in [6.07, 6.45) is 5.21. The maximum Gasteiger partial charge on any atom is 0.341 e. The molecule has 2 aliphatic rings. The molecule has 0 amide bonds. The zero-order valence-corrected chi connectivity index (χ0v) is 16.9. The number of carboxylic acid groups (broad SMARTS) is 1. The Bertz CT molecular complexity index is 1020. The van der Waals surface area contributed by atoms with E-state index in [2.05, 4.69) is 11.8 Å². The van der Waals surface area contributed by atoms with Crippen LogP contribution in [-0.2, 0) is 0 Å². The zero-order valence-electron chi connectivity index (χ0n) is 16.9. The molecule has 4 atom stereocenters. The van der Waals surface area contributed by atoms with Crippen molar-refractivity contribution in [1.29, 1.82) is 0 Å². The lowest BCUT2D eigenvalue weighted by atomic mass is 9.96. The van der Waals surface area contributed by atoms with Gasteiger partial charge in [0.1, 0.15) is 11.4 Å². The summed E-state index contributed by atoms with van der Waals surface area (Å²) in [6, 6.07) is 3.45. The summed E-state index contributed by atoms with van der Waals surface area (Å²) in [5, 5.41) is 9.48. The Labute approximate surface area is 169 Å². The van der Waals surface area contributed by atoms with Gasteiger partial charge in [-0.15, -0.1) is 0 Å². The van der Waals surface area contributed by atoms with Crippen LogP contribution in [0.25, 0.3) is 5.52 Å². The number of fused-ring (bicyclic) bond motifs is 1. The normalized spacial score (nSPS) is 25.4. The van der Waals surface area contributed by atoms with Crippen molar-refractivity contribution in [3.63, 3.8) is 0 Å². The molecule has 0 spiro atoms. The first kappa shape index (κ1) is 20.0. The SMILES string of the molecule is CCCC(N)[C@@H]1CCN(C2C[C@H]2c2cc(C(=O)O)c(=O)n3cc(F)cc(C)c23)C1. The highest BCUT2D eigenvalue weighted by molar-refractivity contribution is 5.88. The molecule has 1 saturated heterocycles. The van der Waals surface area contributed by atoms with Crippen LogP contribution in [0.4, 0.5) is 4.39 Å². The number of carbonyl (C=O) groups is 1. The lowest BCUT2D eigenvalue weighted by Crippen LogP contribution is -2.33. The van der Waals surface area contributed by atoms with Gasteiger partial charge in [0, 0.05) is 30.7 Å². The predicted molar refractivity (Wildman–Crippen MR) is 109 cm³/mol. The van der Waals surface area contributed by atoms with E-state index in [0.717, 1.165) is 50.5 Å². The number of likely N-dealkylation sites (tertiary alicyclic amines) is 1. The molecule has 1 aliphatic carbocycles. The Morgan fingerprint density at radius 2 is 2.17 bits per heavy atom. The molecule has 2 aromatic rings. The van der Waals surface area contributed by atoms with E-state index in [9.17, 15) is 19.1 Å². The maximum absolute atomic E-state index is 13.9. The minimum Gasteiger partial charge on any atom is -0.477 e. The number of halogens is 1. The summed E-state index contributed by atoms with van der Waals surface area (Å²) < 4.78 is 15.1. The maximum atomic E-state index is 13.9. The van der Waals surface area contributed by atoms with Gasteiger partial charge in [-0.2, -0.15) is 0 Å². The number of nitrogens with zero attached hydrogens (tertiary/aromatic N) is 2. The fourth-order valence-corrected chi connectivity index (χ4v) is 5.02. The van der Waals surface area contributed by atoms with E-state index in [0.29, 0.717) is 23.0 Å². The molecule has 4 rings (SSSR count). The molecule has 2 aromatic heterocycles. The summed E-state index contributed by atoms with van der Waals surface area (Å²) in [5.74, 6) is -1.19. The second-order valence-electron chi connectivity index (χ2n) is 8.59. The second-order valence-corrected chi connectivity index (χ2v) is 8.59. The van der Waals surface area contributed by atoms with Gasteiger partial charge in [-0.3, -0.25) is 14.1 Å². The van der Waals surface area contributed by atoms with E-state index in [1.807, 2.05) is 0 Å². The third kappa shape index (κ3) is 3.57. The van der Waals surface area contributed by atoms with E-state index >= 15 is 0 Å². The monoisotopic (exact) mass is 401 g/mol. The van der Waals surface area contributed by atoms with Crippen molar-refractivity contribution in [2.75, 3.05) is 13.1 Å².